The first kappa shape index (κ1) is 15.7. The van der Waals surface area contributed by atoms with Crippen LogP contribution in [0.15, 0.2) is 18.2 Å². The van der Waals surface area contributed by atoms with E-state index in [0.29, 0.717) is 0 Å². The molecule has 1 aromatic carbocycles. The van der Waals surface area contributed by atoms with Crippen molar-refractivity contribution in [3.63, 3.8) is 0 Å². The molecule has 0 saturated carbocycles. The maximum atomic E-state index is 13.1. The molecule has 0 aliphatic carbocycles. The van der Waals surface area contributed by atoms with Crippen LogP contribution in [-0.2, 0) is 9.53 Å². The van der Waals surface area contributed by atoms with Crippen LogP contribution in [0.1, 0.15) is 10.4 Å². The summed E-state index contributed by atoms with van der Waals surface area (Å²) in [5, 5.41) is 1.51. The predicted octanol–water partition coefficient (Wildman–Crippen LogP) is 1.24. The van der Waals surface area contributed by atoms with E-state index in [2.05, 4.69) is 4.74 Å². The Labute approximate surface area is 110 Å². The van der Waals surface area contributed by atoms with Crippen molar-refractivity contribution in [3.8, 4) is 0 Å². The standard InChI is InChI=1S/C11H10F4N2O3/c12-7-3-6(1-2-8(7)16)10(19)20-4-9(18)17-5-11(13,14)15/h1-3H,4-5,16H2,(H,17,18). The smallest absolute Gasteiger partial charge is 0.405 e. The van der Waals surface area contributed by atoms with E-state index < -0.39 is 37.0 Å². The largest absolute Gasteiger partial charge is 0.452 e. The van der Waals surface area contributed by atoms with Gasteiger partial charge >= 0.3 is 12.1 Å². The van der Waals surface area contributed by atoms with Crippen molar-refractivity contribution in [2.24, 2.45) is 0 Å². The van der Waals surface area contributed by atoms with Gasteiger partial charge in [0.25, 0.3) is 5.91 Å². The Morgan fingerprint density at radius 1 is 1.30 bits per heavy atom. The fourth-order valence-corrected chi connectivity index (χ4v) is 1.12. The summed E-state index contributed by atoms with van der Waals surface area (Å²) in [6, 6.07) is 3.08. The Kier molecular flexibility index (Phi) is 4.89. The van der Waals surface area contributed by atoms with E-state index in [1.807, 2.05) is 0 Å². The minimum absolute atomic E-state index is 0.176. The average Bonchev–Trinajstić information content (AvgIpc) is 2.36. The number of nitrogens with one attached hydrogen (secondary N) is 1. The van der Waals surface area contributed by atoms with E-state index in [1.54, 1.807) is 0 Å². The van der Waals surface area contributed by atoms with E-state index in [9.17, 15) is 27.2 Å². The van der Waals surface area contributed by atoms with Gasteiger partial charge in [-0.05, 0) is 18.2 Å². The van der Waals surface area contributed by atoms with Gasteiger partial charge in [0.2, 0.25) is 0 Å². The molecule has 1 aromatic rings. The first-order valence-corrected chi connectivity index (χ1v) is 5.24. The molecule has 0 radical (unpaired) electrons. The van der Waals surface area contributed by atoms with Crippen molar-refractivity contribution in [2.75, 3.05) is 18.9 Å². The number of benzene rings is 1. The molecule has 20 heavy (non-hydrogen) atoms. The highest BCUT2D eigenvalue weighted by molar-refractivity contribution is 5.91. The SMILES string of the molecule is Nc1ccc(C(=O)OCC(=O)NCC(F)(F)F)cc1F. The molecule has 0 saturated heterocycles. The normalized spacial score (nSPS) is 11.0. The van der Waals surface area contributed by atoms with Crippen LogP contribution in [0.4, 0.5) is 23.2 Å². The minimum Gasteiger partial charge on any atom is -0.452 e. The van der Waals surface area contributed by atoms with Gasteiger partial charge in [-0.3, -0.25) is 4.79 Å². The third-order valence-electron chi connectivity index (χ3n) is 2.06. The highest BCUT2D eigenvalue weighted by atomic mass is 19.4. The number of hydrogen-bond acceptors (Lipinski definition) is 4. The highest BCUT2D eigenvalue weighted by Crippen LogP contribution is 2.13. The van der Waals surface area contributed by atoms with Crippen molar-refractivity contribution in [3.05, 3.63) is 29.6 Å². The van der Waals surface area contributed by atoms with E-state index in [4.69, 9.17) is 5.73 Å². The molecule has 0 spiro atoms. The molecule has 0 aliphatic heterocycles. The van der Waals surface area contributed by atoms with Crippen LogP contribution in [-0.4, -0.2) is 31.2 Å². The second kappa shape index (κ2) is 6.22. The summed E-state index contributed by atoms with van der Waals surface area (Å²) >= 11 is 0. The maximum Gasteiger partial charge on any atom is 0.405 e. The second-order valence-corrected chi connectivity index (χ2v) is 3.70. The summed E-state index contributed by atoms with van der Waals surface area (Å²) in [4.78, 5) is 22.3. The van der Waals surface area contributed by atoms with E-state index in [0.717, 1.165) is 18.2 Å². The quantitative estimate of drug-likeness (QED) is 0.497. The molecular weight excluding hydrogens is 284 g/mol. The summed E-state index contributed by atoms with van der Waals surface area (Å²) in [6.45, 7) is -2.43. The number of nitrogen functional groups attached to an aromatic ring is 1. The number of amides is 1. The first-order chi connectivity index (χ1) is 9.19. The molecule has 0 atom stereocenters. The molecule has 3 N–H and O–H groups in total. The molecule has 0 fully saturated rings. The van der Waals surface area contributed by atoms with Crippen LogP contribution in [0.2, 0.25) is 0 Å². The number of halogens is 4. The van der Waals surface area contributed by atoms with Crippen LogP contribution in [0, 0.1) is 5.82 Å². The predicted molar refractivity (Wildman–Crippen MR) is 60.2 cm³/mol. The number of anilines is 1. The number of esters is 1. The van der Waals surface area contributed by atoms with Crippen LogP contribution < -0.4 is 11.1 Å². The van der Waals surface area contributed by atoms with Crippen molar-refractivity contribution in [1.29, 1.82) is 0 Å². The molecule has 0 bridgehead atoms. The van der Waals surface area contributed by atoms with Gasteiger partial charge in [0, 0.05) is 0 Å². The topological polar surface area (TPSA) is 81.4 Å². The van der Waals surface area contributed by atoms with Crippen LogP contribution >= 0.6 is 0 Å². The lowest BCUT2D eigenvalue weighted by Crippen LogP contribution is -2.36. The number of nitrogens with two attached hydrogens (primary N) is 1. The average molecular weight is 294 g/mol. The second-order valence-electron chi connectivity index (χ2n) is 3.70. The summed E-state index contributed by atoms with van der Waals surface area (Å²) in [6.07, 6.45) is -4.56. The van der Waals surface area contributed by atoms with Gasteiger partial charge in [0.15, 0.2) is 6.61 Å². The lowest BCUT2D eigenvalue weighted by atomic mass is 10.2. The third-order valence-corrected chi connectivity index (χ3v) is 2.06. The number of carbonyl (C=O) groups is 2. The summed E-state index contributed by atoms with van der Waals surface area (Å²) in [5.41, 5.74) is 4.81. The van der Waals surface area contributed by atoms with Gasteiger partial charge in [-0.2, -0.15) is 13.2 Å². The molecule has 0 aliphatic rings. The monoisotopic (exact) mass is 294 g/mol. The highest BCUT2D eigenvalue weighted by Gasteiger charge is 2.27. The molecule has 0 unspecified atom stereocenters. The molecule has 110 valence electrons. The Morgan fingerprint density at radius 3 is 2.50 bits per heavy atom. The van der Waals surface area contributed by atoms with Crippen molar-refractivity contribution in [1.82, 2.24) is 5.32 Å². The zero-order chi connectivity index (χ0) is 15.3. The van der Waals surface area contributed by atoms with Crippen molar-refractivity contribution >= 4 is 17.6 Å². The number of carbonyl (C=O) groups excluding carboxylic acids is 2. The number of alkyl halides is 3. The maximum absolute atomic E-state index is 13.1. The van der Waals surface area contributed by atoms with Crippen molar-refractivity contribution < 1.29 is 31.9 Å². The van der Waals surface area contributed by atoms with E-state index >= 15 is 0 Å². The minimum atomic E-state index is -4.56. The van der Waals surface area contributed by atoms with Gasteiger partial charge in [0.1, 0.15) is 12.4 Å². The van der Waals surface area contributed by atoms with E-state index in [-0.39, 0.29) is 11.3 Å². The molecule has 5 nitrogen and oxygen atoms in total. The first-order valence-electron chi connectivity index (χ1n) is 5.24. The number of rotatable bonds is 4. The number of ether oxygens (including phenoxy) is 1. The third kappa shape index (κ3) is 5.12. The lowest BCUT2D eigenvalue weighted by Gasteiger charge is -2.09. The zero-order valence-corrected chi connectivity index (χ0v) is 9.96. The van der Waals surface area contributed by atoms with Gasteiger partial charge < -0.3 is 15.8 Å². The zero-order valence-electron chi connectivity index (χ0n) is 9.96. The molecule has 1 amide bonds. The fourth-order valence-electron chi connectivity index (χ4n) is 1.12. The van der Waals surface area contributed by atoms with Crippen molar-refractivity contribution in [2.45, 2.75) is 6.18 Å². The Hall–Kier alpha value is -2.32. The Balaban J connectivity index is 2.47. The van der Waals surface area contributed by atoms with Crippen LogP contribution in [0.3, 0.4) is 0 Å². The molecule has 1 rings (SSSR count). The number of hydrogen-bond donors (Lipinski definition) is 2. The molecular formula is C11H10F4N2O3. The summed E-state index contributed by atoms with van der Waals surface area (Å²) in [7, 11) is 0. The Morgan fingerprint density at radius 2 is 1.95 bits per heavy atom. The van der Waals surface area contributed by atoms with E-state index in [1.165, 1.54) is 5.32 Å². The van der Waals surface area contributed by atoms with Gasteiger partial charge in [-0.15, -0.1) is 0 Å². The summed E-state index contributed by atoms with van der Waals surface area (Å²) < 4.78 is 52.8. The van der Waals surface area contributed by atoms with Gasteiger partial charge in [-0.25, -0.2) is 9.18 Å². The molecule has 0 aromatic heterocycles. The lowest BCUT2D eigenvalue weighted by molar-refractivity contribution is -0.140. The fraction of sp³-hybridized carbons (Fsp3) is 0.273. The van der Waals surface area contributed by atoms with Gasteiger partial charge in [0.05, 0.1) is 11.3 Å². The van der Waals surface area contributed by atoms with Crippen LogP contribution in [0.25, 0.3) is 0 Å². The van der Waals surface area contributed by atoms with Crippen LogP contribution in [0.5, 0.6) is 0 Å². The molecule has 0 heterocycles. The Bertz CT molecular complexity index is 517. The summed E-state index contributed by atoms with van der Waals surface area (Å²) in [5.74, 6) is -3.02. The van der Waals surface area contributed by atoms with Gasteiger partial charge in [-0.1, -0.05) is 0 Å². The molecule has 9 heteroatoms.